The minimum atomic E-state index is -0.586. The summed E-state index contributed by atoms with van der Waals surface area (Å²) in [5.74, 6) is 0.617. The van der Waals surface area contributed by atoms with Crippen LogP contribution in [0.3, 0.4) is 0 Å². The van der Waals surface area contributed by atoms with E-state index in [0.717, 1.165) is 74.2 Å². The average Bonchev–Trinajstić information content (AvgIpc) is 3.80. The first-order valence-corrected chi connectivity index (χ1v) is 17.2. The topological polar surface area (TPSA) is 128 Å². The molecule has 1 atom stereocenters. The summed E-state index contributed by atoms with van der Waals surface area (Å²) in [6.45, 7) is 3.31. The number of carbonyl (C=O) groups excluding carboxylic acids is 2. The molecule has 3 saturated heterocycles. The van der Waals surface area contributed by atoms with Crippen LogP contribution in [0, 0.1) is 11.6 Å². The largest absolute Gasteiger partial charge is 0.356 e. The third kappa shape index (κ3) is 6.56. The van der Waals surface area contributed by atoms with E-state index in [0.29, 0.717) is 35.4 Å². The van der Waals surface area contributed by atoms with Crippen LogP contribution in [-0.4, -0.2) is 85.9 Å². The predicted molar refractivity (Wildman–Crippen MR) is 186 cm³/mol. The first kappa shape index (κ1) is 32.6. The molecule has 13 nitrogen and oxygen atoms in total. The number of anilines is 3. The van der Waals surface area contributed by atoms with Gasteiger partial charge in [0.2, 0.25) is 5.91 Å². The summed E-state index contributed by atoms with van der Waals surface area (Å²) < 4.78 is 30.1. The first-order valence-electron chi connectivity index (χ1n) is 17.2. The Hall–Kier alpha value is -5.57. The van der Waals surface area contributed by atoms with E-state index < -0.39 is 17.7 Å². The summed E-state index contributed by atoms with van der Waals surface area (Å²) in [7, 11) is 2.09. The molecule has 3 amide bonds. The van der Waals surface area contributed by atoms with E-state index in [2.05, 4.69) is 42.4 Å². The van der Waals surface area contributed by atoms with E-state index in [4.69, 9.17) is 9.97 Å². The lowest BCUT2D eigenvalue weighted by molar-refractivity contribution is -0.120. The van der Waals surface area contributed by atoms with Gasteiger partial charge in [0.25, 0.3) is 0 Å². The second-order valence-corrected chi connectivity index (χ2v) is 13.3. The Labute approximate surface area is 292 Å². The monoisotopic (exact) mass is 693 g/mol. The summed E-state index contributed by atoms with van der Waals surface area (Å²) in [5, 5.41) is 15.4. The third-order valence-corrected chi connectivity index (χ3v) is 10.1. The molecule has 8 rings (SSSR count). The molecule has 3 aliphatic rings. The molecule has 0 bridgehead atoms. The van der Waals surface area contributed by atoms with Crippen molar-refractivity contribution in [3.8, 4) is 11.3 Å². The number of fused-ring (bicyclic) bond motifs is 1. The zero-order chi connectivity index (χ0) is 35.1. The lowest BCUT2D eigenvalue weighted by Crippen LogP contribution is -2.50. The van der Waals surface area contributed by atoms with Crippen molar-refractivity contribution in [2.24, 2.45) is 0 Å². The van der Waals surface area contributed by atoms with Crippen LogP contribution in [0.4, 0.5) is 31.0 Å². The average molecular weight is 694 g/mol. The Bertz CT molecular complexity index is 2080. The third-order valence-electron chi connectivity index (χ3n) is 10.1. The van der Waals surface area contributed by atoms with Crippen LogP contribution >= 0.6 is 0 Å². The van der Waals surface area contributed by atoms with Gasteiger partial charge in [-0.2, -0.15) is 10.2 Å². The molecule has 0 aliphatic carbocycles. The molecule has 0 saturated carbocycles. The maximum atomic E-state index is 14.8. The van der Waals surface area contributed by atoms with Crippen molar-refractivity contribution >= 4 is 35.0 Å². The number of hydrogen-bond acceptors (Lipinski definition) is 10. The van der Waals surface area contributed by atoms with Crippen LogP contribution in [0.1, 0.15) is 49.4 Å². The van der Waals surface area contributed by atoms with Crippen LogP contribution in [0.25, 0.3) is 16.9 Å². The van der Waals surface area contributed by atoms with Crippen LogP contribution in [0.15, 0.2) is 67.0 Å². The molecule has 262 valence electrons. The Morgan fingerprint density at radius 3 is 2.55 bits per heavy atom. The Balaban J connectivity index is 0.924. The highest BCUT2D eigenvalue weighted by molar-refractivity contribution is 6.05. The standard InChI is InChI=1S/C36H37F2N11O2/c1-45(22-24-8-10-33(44-43-24)48-18-14-34(50)42-36(48)51)25-11-16-46(17-12-25)31-6-2-4-29(40-31)27-21-39-49-19-13-32(41-35(27)49)47-15-3-5-30(47)26-9-7-23(37)20-28(26)38/h2,4,6-10,13,19-21,25,30H,3,5,11-12,14-18,22H2,1H3,(H,42,50,51)/t30-/m1/s1. The Morgan fingerprint density at radius 1 is 0.902 bits per heavy atom. The number of carbonyl (C=O) groups is 2. The van der Waals surface area contributed by atoms with Crippen molar-refractivity contribution < 1.29 is 18.4 Å². The zero-order valence-electron chi connectivity index (χ0n) is 28.1. The van der Waals surface area contributed by atoms with E-state index in [9.17, 15) is 18.4 Å². The summed E-state index contributed by atoms with van der Waals surface area (Å²) >= 11 is 0. The van der Waals surface area contributed by atoms with Crippen LogP contribution < -0.4 is 20.0 Å². The fourth-order valence-electron chi connectivity index (χ4n) is 7.37. The molecule has 51 heavy (non-hydrogen) atoms. The first-order chi connectivity index (χ1) is 24.8. The number of hydrogen-bond donors (Lipinski definition) is 1. The van der Waals surface area contributed by atoms with Crippen molar-refractivity contribution in [2.75, 3.05) is 47.9 Å². The highest BCUT2D eigenvalue weighted by Crippen LogP contribution is 2.37. The van der Waals surface area contributed by atoms with Gasteiger partial charge in [-0.05, 0) is 69.1 Å². The van der Waals surface area contributed by atoms with Gasteiger partial charge in [0.1, 0.15) is 23.3 Å². The number of rotatable bonds is 8. The van der Waals surface area contributed by atoms with E-state index in [1.807, 2.05) is 36.5 Å². The number of halogens is 2. The predicted octanol–water partition coefficient (Wildman–Crippen LogP) is 4.75. The number of pyridine rings is 1. The molecule has 15 heteroatoms. The van der Waals surface area contributed by atoms with Crippen molar-refractivity contribution in [3.63, 3.8) is 0 Å². The fourth-order valence-corrected chi connectivity index (χ4v) is 7.37. The molecular weight excluding hydrogens is 656 g/mol. The zero-order valence-corrected chi connectivity index (χ0v) is 28.1. The molecular formula is C36H37F2N11O2. The van der Waals surface area contributed by atoms with Gasteiger partial charge in [0.15, 0.2) is 11.5 Å². The summed E-state index contributed by atoms with van der Waals surface area (Å²) in [4.78, 5) is 41.7. The lowest BCUT2D eigenvalue weighted by Gasteiger charge is -2.37. The minimum absolute atomic E-state index is 0.230. The van der Waals surface area contributed by atoms with E-state index >= 15 is 0 Å². The number of nitrogens with zero attached hydrogens (tertiary/aromatic N) is 10. The molecule has 7 heterocycles. The summed E-state index contributed by atoms with van der Waals surface area (Å²) in [6, 6.07) is 15.0. The van der Waals surface area contributed by atoms with Crippen molar-refractivity contribution in [2.45, 2.75) is 50.7 Å². The number of piperidine rings is 1. The molecule has 4 aromatic heterocycles. The molecule has 3 aliphatic heterocycles. The van der Waals surface area contributed by atoms with Crippen LogP contribution in [-0.2, 0) is 11.3 Å². The van der Waals surface area contributed by atoms with Gasteiger partial charge in [0.05, 0.1) is 29.2 Å². The Kier molecular flexibility index (Phi) is 8.71. The number of aromatic nitrogens is 6. The number of benzene rings is 1. The number of imide groups is 1. The fraction of sp³-hybridized carbons (Fsp3) is 0.361. The van der Waals surface area contributed by atoms with Gasteiger partial charge in [0, 0.05) is 63.0 Å². The van der Waals surface area contributed by atoms with E-state index in [1.165, 1.54) is 17.0 Å². The van der Waals surface area contributed by atoms with Gasteiger partial charge >= 0.3 is 6.03 Å². The summed E-state index contributed by atoms with van der Waals surface area (Å²) in [5.41, 5.74) is 3.51. The van der Waals surface area contributed by atoms with Gasteiger partial charge < -0.3 is 9.80 Å². The molecule has 1 aromatic carbocycles. The quantitative estimate of drug-likeness (QED) is 0.243. The van der Waals surface area contributed by atoms with Gasteiger partial charge in [-0.25, -0.2) is 28.1 Å². The molecule has 0 radical (unpaired) electrons. The minimum Gasteiger partial charge on any atom is -0.356 e. The molecule has 3 fully saturated rings. The van der Waals surface area contributed by atoms with Crippen molar-refractivity contribution in [1.29, 1.82) is 0 Å². The van der Waals surface area contributed by atoms with Crippen LogP contribution in [0.5, 0.6) is 0 Å². The maximum absolute atomic E-state index is 14.8. The lowest BCUT2D eigenvalue weighted by atomic mass is 10.0. The Morgan fingerprint density at radius 2 is 1.76 bits per heavy atom. The molecule has 5 aromatic rings. The highest BCUT2D eigenvalue weighted by Gasteiger charge is 2.30. The summed E-state index contributed by atoms with van der Waals surface area (Å²) in [6.07, 6.45) is 7.40. The second-order valence-electron chi connectivity index (χ2n) is 13.3. The number of amides is 3. The normalized spacial score (nSPS) is 18.7. The number of nitrogens with one attached hydrogen (secondary N) is 1. The van der Waals surface area contributed by atoms with Crippen molar-refractivity contribution in [3.05, 3.63) is 89.9 Å². The number of urea groups is 1. The highest BCUT2D eigenvalue weighted by atomic mass is 19.1. The molecule has 0 unspecified atom stereocenters. The van der Waals surface area contributed by atoms with Gasteiger partial charge in [-0.1, -0.05) is 12.1 Å². The molecule has 0 spiro atoms. The SMILES string of the molecule is CN(Cc1ccc(N2CCC(=O)NC2=O)nn1)C1CCN(c2cccc(-c3cnn4ccc(N5CCC[C@@H]5c5ccc(F)cc5F)nc34)n2)CC1. The van der Waals surface area contributed by atoms with E-state index in [-0.39, 0.29) is 24.9 Å². The van der Waals surface area contributed by atoms with Gasteiger partial charge in [-0.3, -0.25) is 19.9 Å². The van der Waals surface area contributed by atoms with E-state index in [1.54, 1.807) is 16.8 Å². The van der Waals surface area contributed by atoms with Crippen molar-refractivity contribution in [1.82, 2.24) is 40.0 Å². The second kappa shape index (κ2) is 13.6. The van der Waals surface area contributed by atoms with Gasteiger partial charge in [-0.15, -0.1) is 5.10 Å². The smallest absolute Gasteiger partial charge is 0.329 e. The molecule has 1 N–H and O–H groups in total. The van der Waals surface area contributed by atoms with Crippen LogP contribution in [0.2, 0.25) is 0 Å². The maximum Gasteiger partial charge on any atom is 0.329 e.